The molecular weight excluding hydrogens is 400 g/mol. The highest BCUT2D eigenvalue weighted by Crippen LogP contribution is 2.45. The summed E-state index contributed by atoms with van der Waals surface area (Å²) in [6.45, 7) is 1.61. The number of Topliss-reactive ketones (excluding diaryl/α,β-unsaturated/α-hetero) is 1. The SMILES string of the molecule is Cc1ccc(=O)n(CC(=O)N2C[C@H](C(=O)N(C)C)[C@]3(COc4ccccc4C3=O)C2)n1. The maximum absolute atomic E-state index is 13.5. The third kappa shape index (κ3) is 3.49. The second-order valence-electron chi connectivity index (χ2n) is 8.30. The fourth-order valence-corrected chi connectivity index (χ4v) is 4.32. The van der Waals surface area contributed by atoms with Gasteiger partial charge in [0.1, 0.15) is 18.9 Å². The Morgan fingerprint density at radius 1 is 1.19 bits per heavy atom. The Bertz CT molecular complexity index is 1120. The molecule has 0 N–H and O–H groups in total. The van der Waals surface area contributed by atoms with Gasteiger partial charge in [0.15, 0.2) is 5.78 Å². The fraction of sp³-hybridized carbons (Fsp3) is 0.409. The molecule has 2 atom stereocenters. The van der Waals surface area contributed by atoms with Crippen LogP contribution in [0.2, 0.25) is 0 Å². The fourth-order valence-electron chi connectivity index (χ4n) is 4.32. The van der Waals surface area contributed by atoms with Gasteiger partial charge in [-0.05, 0) is 25.1 Å². The number of hydrogen-bond acceptors (Lipinski definition) is 6. The number of hydrogen-bond donors (Lipinski definition) is 0. The van der Waals surface area contributed by atoms with E-state index in [9.17, 15) is 19.2 Å². The van der Waals surface area contributed by atoms with Crippen molar-refractivity contribution in [3.63, 3.8) is 0 Å². The highest BCUT2D eigenvalue weighted by atomic mass is 16.5. The monoisotopic (exact) mass is 424 g/mol. The van der Waals surface area contributed by atoms with Crippen LogP contribution in [0.4, 0.5) is 0 Å². The van der Waals surface area contributed by atoms with Crippen molar-refractivity contribution in [3.8, 4) is 5.75 Å². The summed E-state index contributed by atoms with van der Waals surface area (Å²) >= 11 is 0. The molecule has 9 heteroatoms. The molecule has 0 bridgehead atoms. The number of rotatable bonds is 3. The molecule has 3 heterocycles. The van der Waals surface area contributed by atoms with E-state index in [2.05, 4.69) is 5.10 Å². The normalized spacial score (nSPS) is 22.2. The van der Waals surface area contributed by atoms with E-state index >= 15 is 0 Å². The standard InChI is InChI=1S/C22H24N4O5/c1-14-8-9-18(27)26(23-14)11-19(28)25-10-16(21(30)24(2)3)22(12-25)13-31-17-7-5-4-6-15(17)20(22)29/h4-9,16H,10-13H2,1-3H3/t16-,22-/m1/s1. The number of para-hydroxylation sites is 1. The topological polar surface area (TPSA) is 102 Å². The van der Waals surface area contributed by atoms with E-state index in [1.165, 1.54) is 15.9 Å². The summed E-state index contributed by atoms with van der Waals surface area (Å²) in [5, 5.41) is 4.11. The predicted octanol–water partition coefficient (Wildman–Crippen LogP) is 0.360. The average Bonchev–Trinajstić information content (AvgIpc) is 3.13. The number of nitrogens with zero attached hydrogens (tertiary/aromatic N) is 4. The van der Waals surface area contributed by atoms with Crippen LogP contribution >= 0.6 is 0 Å². The second kappa shape index (κ2) is 7.64. The molecule has 31 heavy (non-hydrogen) atoms. The van der Waals surface area contributed by atoms with Gasteiger partial charge < -0.3 is 14.5 Å². The van der Waals surface area contributed by atoms with E-state index < -0.39 is 11.3 Å². The Morgan fingerprint density at radius 2 is 1.94 bits per heavy atom. The van der Waals surface area contributed by atoms with Gasteiger partial charge >= 0.3 is 0 Å². The minimum Gasteiger partial charge on any atom is -0.492 e. The molecule has 9 nitrogen and oxygen atoms in total. The lowest BCUT2D eigenvalue weighted by atomic mass is 9.71. The summed E-state index contributed by atoms with van der Waals surface area (Å²) in [6, 6.07) is 9.86. The van der Waals surface area contributed by atoms with E-state index in [1.807, 2.05) is 0 Å². The minimum atomic E-state index is -1.17. The number of carbonyl (C=O) groups excluding carboxylic acids is 3. The van der Waals surface area contributed by atoms with Crippen LogP contribution in [-0.4, -0.2) is 71.0 Å². The van der Waals surface area contributed by atoms with Gasteiger partial charge in [-0.25, -0.2) is 4.68 Å². The van der Waals surface area contributed by atoms with Gasteiger partial charge in [-0.2, -0.15) is 5.10 Å². The molecule has 0 aliphatic carbocycles. The number of carbonyl (C=O) groups is 3. The lowest BCUT2D eigenvalue weighted by molar-refractivity contribution is -0.135. The highest BCUT2D eigenvalue weighted by Gasteiger charge is 2.59. The van der Waals surface area contributed by atoms with Crippen LogP contribution in [0.5, 0.6) is 5.75 Å². The molecule has 1 fully saturated rings. The maximum Gasteiger partial charge on any atom is 0.267 e. The first kappa shape index (κ1) is 20.8. The Balaban J connectivity index is 1.67. The molecule has 0 radical (unpaired) electrons. The minimum absolute atomic E-state index is 0.0134. The molecule has 0 saturated carbocycles. The molecule has 1 saturated heterocycles. The number of ketones is 1. The first-order valence-electron chi connectivity index (χ1n) is 10.0. The van der Waals surface area contributed by atoms with Gasteiger partial charge in [0.25, 0.3) is 5.56 Å². The van der Waals surface area contributed by atoms with Crippen LogP contribution in [0, 0.1) is 18.3 Å². The van der Waals surface area contributed by atoms with Crippen molar-refractivity contribution in [3.05, 3.63) is 58.0 Å². The van der Waals surface area contributed by atoms with E-state index in [0.717, 1.165) is 4.68 Å². The Morgan fingerprint density at radius 3 is 2.68 bits per heavy atom. The first-order valence-corrected chi connectivity index (χ1v) is 10.0. The summed E-state index contributed by atoms with van der Waals surface area (Å²) in [6.07, 6.45) is 0. The second-order valence-corrected chi connectivity index (χ2v) is 8.30. The molecule has 1 spiro atoms. The van der Waals surface area contributed by atoms with Crippen LogP contribution in [0.3, 0.4) is 0 Å². The molecule has 1 aromatic carbocycles. The lowest BCUT2D eigenvalue weighted by Gasteiger charge is -2.37. The Labute approximate surface area is 179 Å². The smallest absolute Gasteiger partial charge is 0.267 e. The van der Waals surface area contributed by atoms with Crippen LogP contribution in [0.25, 0.3) is 0 Å². The molecule has 162 valence electrons. The number of aryl methyl sites for hydroxylation is 1. The third-order valence-corrected chi connectivity index (χ3v) is 5.99. The summed E-state index contributed by atoms with van der Waals surface area (Å²) in [7, 11) is 3.25. The zero-order valence-corrected chi connectivity index (χ0v) is 17.7. The van der Waals surface area contributed by atoms with Gasteiger partial charge in [0, 0.05) is 33.3 Å². The van der Waals surface area contributed by atoms with Crippen LogP contribution in [0.1, 0.15) is 16.1 Å². The summed E-state index contributed by atoms with van der Waals surface area (Å²) in [5.74, 6) is -1.07. The van der Waals surface area contributed by atoms with Crippen LogP contribution < -0.4 is 10.3 Å². The Kier molecular flexibility index (Phi) is 5.12. The molecular formula is C22H24N4O5. The van der Waals surface area contributed by atoms with Crippen LogP contribution in [-0.2, 0) is 16.1 Å². The van der Waals surface area contributed by atoms with Gasteiger partial charge in [-0.15, -0.1) is 0 Å². The van der Waals surface area contributed by atoms with E-state index in [1.54, 1.807) is 51.4 Å². The van der Waals surface area contributed by atoms with Crippen LogP contribution in [0.15, 0.2) is 41.2 Å². The molecule has 0 unspecified atom stereocenters. The maximum atomic E-state index is 13.5. The quantitative estimate of drug-likeness (QED) is 0.705. The van der Waals surface area contributed by atoms with Gasteiger partial charge in [0.2, 0.25) is 11.8 Å². The third-order valence-electron chi connectivity index (χ3n) is 5.99. The zero-order chi connectivity index (χ0) is 22.3. The van der Waals surface area contributed by atoms with Crippen molar-refractivity contribution >= 4 is 17.6 Å². The number of aromatic nitrogens is 2. The van der Waals surface area contributed by atoms with Gasteiger partial charge in [-0.1, -0.05) is 12.1 Å². The van der Waals surface area contributed by atoms with Crippen molar-refractivity contribution in [2.24, 2.45) is 11.3 Å². The van der Waals surface area contributed by atoms with Gasteiger partial charge in [-0.3, -0.25) is 19.2 Å². The van der Waals surface area contributed by atoms with Gasteiger partial charge in [0.05, 0.1) is 22.6 Å². The van der Waals surface area contributed by atoms with E-state index in [4.69, 9.17) is 4.74 Å². The summed E-state index contributed by atoms with van der Waals surface area (Å²) in [5.41, 5.74) is -0.537. The number of likely N-dealkylation sites (tertiary alicyclic amines) is 1. The molecule has 2 amide bonds. The summed E-state index contributed by atoms with van der Waals surface area (Å²) in [4.78, 5) is 54.6. The number of fused-ring (bicyclic) bond motifs is 1. The van der Waals surface area contributed by atoms with Crippen molar-refractivity contribution in [1.82, 2.24) is 19.6 Å². The molecule has 2 aliphatic heterocycles. The predicted molar refractivity (Wildman–Crippen MR) is 111 cm³/mol. The summed E-state index contributed by atoms with van der Waals surface area (Å²) < 4.78 is 6.97. The highest BCUT2D eigenvalue weighted by molar-refractivity contribution is 6.07. The zero-order valence-electron chi connectivity index (χ0n) is 17.7. The molecule has 4 rings (SSSR count). The van der Waals surface area contributed by atoms with Crippen molar-refractivity contribution in [2.75, 3.05) is 33.8 Å². The van der Waals surface area contributed by atoms with E-state index in [-0.39, 0.29) is 49.4 Å². The van der Waals surface area contributed by atoms with Crippen molar-refractivity contribution in [2.45, 2.75) is 13.5 Å². The molecule has 1 aromatic heterocycles. The number of amides is 2. The van der Waals surface area contributed by atoms with Crippen molar-refractivity contribution < 1.29 is 19.1 Å². The van der Waals surface area contributed by atoms with Crippen molar-refractivity contribution in [1.29, 1.82) is 0 Å². The largest absolute Gasteiger partial charge is 0.492 e. The molecule has 2 aliphatic rings. The number of benzene rings is 1. The average molecular weight is 424 g/mol. The lowest BCUT2D eigenvalue weighted by Crippen LogP contribution is -2.51. The van der Waals surface area contributed by atoms with E-state index in [0.29, 0.717) is 17.0 Å². The Hall–Kier alpha value is -3.49. The molecule has 2 aromatic rings. The number of ether oxygens (including phenoxy) is 1. The first-order chi connectivity index (χ1) is 14.7.